The van der Waals surface area contributed by atoms with Crippen LogP contribution >= 0.6 is 0 Å². The molecule has 148 valence electrons. The SMILES string of the molecule is Cc1cccc(N2CCN(CCC(=O)N3C[C@H]4CCC[C@@]4(CO)C3)CC2)c1. The maximum atomic E-state index is 12.7. The quantitative estimate of drug-likeness (QED) is 0.861. The summed E-state index contributed by atoms with van der Waals surface area (Å²) < 4.78 is 0. The molecule has 1 saturated carbocycles. The predicted octanol–water partition coefficient (Wildman–Crippen LogP) is 2.13. The van der Waals surface area contributed by atoms with Crippen molar-refractivity contribution in [2.45, 2.75) is 32.6 Å². The van der Waals surface area contributed by atoms with Gasteiger partial charge < -0.3 is 14.9 Å². The summed E-state index contributed by atoms with van der Waals surface area (Å²) in [5.74, 6) is 0.794. The number of hydrogen-bond donors (Lipinski definition) is 1. The molecule has 0 aromatic heterocycles. The van der Waals surface area contributed by atoms with Gasteiger partial charge in [0.15, 0.2) is 0 Å². The first-order valence-electron chi connectivity index (χ1n) is 10.5. The minimum absolute atomic E-state index is 0.00903. The van der Waals surface area contributed by atoms with E-state index in [4.69, 9.17) is 0 Å². The number of piperazine rings is 1. The fourth-order valence-corrected chi connectivity index (χ4v) is 5.33. The lowest BCUT2D eigenvalue weighted by Gasteiger charge is -2.36. The van der Waals surface area contributed by atoms with Gasteiger partial charge in [-0.2, -0.15) is 0 Å². The summed E-state index contributed by atoms with van der Waals surface area (Å²) in [6.45, 7) is 8.95. The van der Waals surface area contributed by atoms with Gasteiger partial charge in [0.05, 0.1) is 6.61 Å². The molecule has 2 atom stereocenters. The maximum absolute atomic E-state index is 12.7. The van der Waals surface area contributed by atoms with E-state index in [1.165, 1.54) is 24.1 Å². The summed E-state index contributed by atoms with van der Waals surface area (Å²) in [5, 5.41) is 9.85. The Morgan fingerprint density at radius 1 is 1.26 bits per heavy atom. The monoisotopic (exact) mass is 371 g/mol. The van der Waals surface area contributed by atoms with Crippen molar-refractivity contribution >= 4 is 11.6 Å². The molecular weight excluding hydrogens is 338 g/mol. The average Bonchev–Trinajstić information content (AvgIpc) is 3.24. The molecule has 1 aromatic carbocycles. The molecule has 1 aliphatic carbocycles. The third-order valence-electron chi connectivity index (χ3n) is 7.09. The Labute approximate surface area is 162 Å². The van der Waals surface area contributed by atoms with Crippen LogP contribution in [-0.4, -0.2) is 73.2 Å². The zero-order chi connectivity index (χ0) is 18.9. The first-order valence-corrected chi connectivity index (χ1v) is 10.5. The van der Waals surface area contributed by atoms with Crippen molar-refractivity contribution in [2.24, 2.45) is 11.3 Å². The smallest absolute Gasteiger partial charge is 0.223 e. The molecule has 1 aromatic rings. The van der Waals surface area contributed by atoms with Crippen molar-refractivity contribution in [1.82, 2.24) is 9.80 Å². The summed E-state index contributed by atoms with van der Waals surface area (Å²) in [6.07, 6.45) is 4.07. The third kappa shape index (κ3) is 3.85. The van der Waals surface area contributed by atoms with Crippen molar-refractivity contribution in [3.05, 3.63) is 29.8 Å². The van der Waals surface area contributed by atoms with Crippen LogP contribution in [0.1, 0.15) is 31.2 Å². The number of aliphatic hydroxyl groups is 1. The summed E-state index contributed by atoms with van der Waals surface area (Å²) in [6, 6.07) is 8.70. The highest BCUT2D eigenvalue weighted by molar-refractivity contribution is 5.76. The van der Waals surface area contributed by atoms with Gasteiger partial charge in [0.1, 0.15) is 0 Å². The van der Waals surface area contributed by atoms with E-state index in [1.807, 2.05) is 4.90 Å². The van der Waals surface area contributed by atoms with E-state index >= 15 is 0 Å². The van der Waals surface area contributed by atoms with Gasteiger partial charge in [-0.15, -0.1) is 0 Å². The van der Waals surface area contributed by atoms with Crippen molar-refractivity contribution in [2.75, 3.05) is 57.3 Å². The van der Waals surface area contributed by atoms with Crippen LogP contribution in [0.25, 0.3) is 0 Å². The van der Waals surface area contributed by atoms with E-state index in [0.717, 1.165) is 52.2 Å². The number of carbonyl (C=O) groups is 1. The Morgan fingerprint density at radius 3 is 2.78 bits per heavy atom. The Balaban J connectivity index is 1.23. The Kier molecular flexibility index (Phi) is 5.42. The summed E-state index contributed by atoms with van der Waals surface area (Å²) >= 11 is 0. The highest BCUT2D eigenvalue weighted by Crippen LogP contribution is 2.48. The first-order chi connectivity index (χ1) is 13.1. The van der Waals surface area contributed by atoms with Gasteiger partial charge in [0, 0.05) is 63.3 Å². The zero-order valence-electron chi connectivity index (χ0n) is 16.6. The Bertz CT molecular complexity index is 671. The standard InChI is InChI=1S/C22H33N3O2/c1-18-4-2-6-20(14-18)24-12-10-23(11-13-24)9-7-21(27)25-15-19-5-3-8-22(19,16-25)17-26/h2,4,6,14,19,26H,3,5,7-13,15-17H2,1H3/t19-,22+/m1/s1. The van der Waals surface area contributed by atoms with E-state index < -0.39 is 0 Å². The van der Waals surface area contributed by atoms with E-state index in [9.17, 15) is 9.90 Å². The highest BCUT2D eigenvalue weighted by Gasteiger charge is 2.49. The van der Waals surface area contributed by atoms with Gasteiger partial charge in [-0.05, 0) is 43.4 Å². The molecule has 3 fully saturated rings. The largest absolute Gasteiger partial charge is 0.396 e. The predicted molar refractivity (Wildman–Crippen MR) is 108 cm³/mol. The van der Waals surface area contributed by atoms with Gasteiger partial charge in [-0.1, -0.05) is 18.6 Å². The fourth-order valence-electron chi connectivity index (χ4n) is 5.33. The van der Waals surface area contributed by atoms with Crippen LogP contribution in [0.4, 0.5) is 5.69 Å². The van der Waals surface area contributed by atoms with Crippen molar-refractivity contribution in [3.63, 3.8) is 0 Å². The molecule has 2 saturated heterocycles. The zero-order valence-corrected chi connectivity index (χ0v) is 16.6. The maximum Gasteiger partial charge on any atom is 0.223 e. The molecule has 0 spiro atoms. The van der Waals surface area contributed by atoms with Crippen LogP contribution in [0.15, 0.2) is 24.3 Å². The van der Waals surface area contributed by atoms with Crippen molar-refractivity contribution < 1.29 is 9.90 Å². The third-order valence-corrected chi connectivity index (χ3v) is 7.09. The highest BCUT2D eigenvalue weighted by atomic mass is 16.3. The summed E-state index contributed by atoms with van der Waals surface area (Å²) in [7, 11) is 0. The molecule has 2 heterocycles. The lowest BCUT2D eigenvalue weighted by Crippen LogP contribution is -2.47. The minimum atomic E-state index is 0.00903. The second kappa shape index (κ2) is 7.80. The number of nitrogens with zero attached hydrogens (tertiary/aromatic N) is 3. The first kappa shape index (κ1) is 18.8. The second-order valence-electron chi connectivity index (χ2n) is 8.80. The fraction of sp³-hybridized carbons (Fsp3) is 0.682. The van der Waals surface area contributed by atoms with E-state index in [-0.39, 0.29) is 17.9 Å². The molecule has 0 bridgehead atoms. The van der Waals surface area contributed by atoms with Crippen molar-refractivity contribution in [1.29, 1.82) is 0 Å². The van der Waals surface area contributed by atoms with Gasteiger partial charge in [0.2, 0.25) is 5.91 Å². The number of fused-ring (bicyclic) bond motifs is 1. The van der Waals surface area contributed by atoms with E-state index in [0.29, 0.717) is 12.3 Å². The van der Waals surface area contributed by atoms with Crippen molar-refractivity contribution in [3.8, 4) is 0 Å². The Morgan fingerprint density at radius 2 is 2.07 bits per heavy atom. The van der Waals surface area contributed by atoms with Crippen LogP contribution in [0.3, 0.4) is 0 Å². The number of rotatable bonds is 5. The molecule has 5 nitrogen and oxygen atoms in total. The van der Waals surface area contributed by atoms with Gasteiger partial charge in [-0.3, -0.25) is 9.69 Å². The van der Waals surface area contributed by atoms with Crippen LogP contribution in [-0.2, 0) is 4.79 Å². The number of likely N-dealkylation sites (tertiary alicyclic amines) is 1. The molecule has 1 amide bonds. The van der Waals surface area contributed by atoms with Crippen LogP contribution < -0.4 is 4.90 Å². The van der Waals surface area contributed by atoms with Crippen LogP contribution in [0.5, 0.6) is 0 Å². The molecule has 3 aliphatic rings. The average molecular weight is 372 g/mol. The molecular formula is C22H33N3O2. The summed E-state index contributed by atoms with van der Waals surface area (Å²) in [5.41, 5.74) is 2.62. The van der Waals surface area contributed by atoms with Gasteiger partial charge in [-0.25, -0.2) is 0 Å². The lowest BCUT2D eigenvalue weighted by molar-refractivity contribution is -0.131. The second-order valence-corrected chi connectivity index (χ2v) is 8.80. The number of aliphatic hydroxyl groups excluding tert-OH is 1. The van der Waals surface area contributed by atoms with Crippen LogP contribution in [0, 0.1) is 18.3 Å². The molecule has 0 radical (unpaired) electrons. The normalized spacial score (nSPS) is 28.6. The molecule has 5 heteroatoms. The molecule has 27 heavy (non-hydrogen) atoms. The number of carbonyl (C=O) groups excluding carboxylic acids is 1. The topological polar surface area (TPSA) is 47.0 Å². The molecule has 4 rings (SSSR count). The molecule has 2 aliphatic heterocycles. The van der Waals surface area contributed by atoms with Gasteiger partial charge in [0.25, 0.3) is 0 Å². The van der Waals surface area contributed by atoms with E-state index in [1.54, 1.807) is 0 Å². The lowest BCUT2D eigenvalue weighted by atomic mass is 9.82. The number of hydrogen-bond acceptors (Lipinski definition) is 4. The van der Waals surface area contributed by atoms with Gasteiger partial charge >= 0.3 is 0 Å². The number of amides is 1. The Hall–Kier alpha value is -1.59. The number of anilines is 1. The molecule has 0 unspecified atom stereocenters. The minimum Gasteiger partial charge on any atom is -0.396 e. The number of aryl methyl sites for hydroxylation is 1. The summed E-state index contributed by atoms with van der Waals surface area (Å²) in [4.78, 5) is 19.6. The van der Waals surface area contributed by atoms with E-state index in [2.05, 4.69) is 41.0 Å². The van der Waals surface area contributed by atoms with Crippen LogP contribution in [0.2, 0.25) is 0 Å². The molecule has 1 N–H and O–H groups in total. The number of benzene rings is 1.